The fourth-order valence-electron chi connectivity index (χ4n) is 2.82. The molecule has 142 valence electrons. The normalized spacial score (nSPS) is 12.9. The van der Waals surface area contributed by atoms with Crippen molar-refractivity contribution < 1.29 is 4.74 Å². The minimum Gasteiger partial charge on any atom is -0.361 e. The predicted molar refractivity (Wildman–Crippen MR) is 113 cm³/mol. The molecule has 0 saturated carbocycles. The zero-order valence-corrected chi connectivity index (χ0v) is 17.4. The summed E-state index contributed by atoms with van der Waals surface area (Å²) in [5.74, 6) is 0. The molecule has 4 nitrogen and oxygen atoms in total. The van der Waals surface area contributed by atoms with Crippen molar-refractivity contribution in [3.05, 3.63) is 64.8 Å². The second-order valence-electron chi connectivity index (χ2n) is 7.02. The number of nitrogens with zero attached hydrogens (tertiary/aromatic N) is 3. The molecule has 0 fully saturated rings. The van der Waals surface area contributed by atoms with Gasteiger partial charge in [0.1, 0.15) is 12.8 Å². The zero-order chi connectivity index (χ0) is 20.0. The molecule has 0 aliphatic heterocycles. The molecule has 2 heterocycles. The molecule has 2 rings (SSSR count). The Kier molecular flexibility index (Phi) is 6.95. The summed E-state index contributed by atoms with van der Waals surface area (Å²) in [4.78, 5) is 7.44. The Morgan fingerprint density at radius 2 is 2.22 bits per heavy atom. The average Bonchev–Trinajstić information content (AvgIpc) is 3.06. The van der Waals surface area contributed by atoms with Crippen LogP contribution in [0, 0.1) is 18.3 Å². The first-order valence-corrected chi connectivity index (χ1v) is 9.72. The molecule has 0 saturated heterocycles. The number of hydrogen-bond donors (Lipinski definition) is 0. The van der Waals surface area contributed by atoms with Crippen LogP contribution in [-0.2, 0) is 10.2 Å². The van der Waals surface area contributed by atoms with Crippen LogP contribution in [0.5, 0.6) is 0 Å². The van der Waals surface area contributed by atoms with Crippen LogP contribution in [0.15, 0.2) is 48.8 Å². The number of nitriles is 1. The number of rotatable bonds is 9. The van der Waals surface area contributed by atoms with E-state index >= 15 is 0 Å². The standard InChI is InChI=1S/C22H27N3OS/c1-7-22(5,8-9-26-15-25(6)16(2)3)21-17(4)20(14-27-21)19-10-18(11-23)12-24-13-19/h7,10,12-14H,1-2,8-9,15H2,3-6H3/t22-/m0/s1. The van der Waals surface area contributed by atoms with Gasteiger partial charge in [0.05, 0.1) is 12.2 Å². The van der Waals surface area contributed by atoms with Gasteiger partial charge < -0.3 is 9.64 Å². The van der Waals surface area contributed by atoms with Gasteiger partial charge in [-0.2, -0.15) is 5.26 Å². The zero-order valence-electron chi connectivity index (χ0n) is 16.6. The highest BCUT2D eigenvalue weighted by Crippen LogP contribution is 2.40. The summed E-state index contributed by atoms with van der Waals surface area (Å²) in [6.45, 7) is 15.4. The Morgan fingerprint density at radius 1 is 1.48 bits per heavy atom. The molecule has 0 radical (unpaired) electrons. The molecule has 5 heteroatoms. The van der Waals surface area contributed by atoms with Crippen LogP contribution in [0.25, 0.3) is 11.1 Å². The molecule has 0 amide bonds. The topological polar surface area (TPSA) is 49.1 Å². The molecule has 0 aliphatic rings. The lowest BCUT2D eigenvalue weighted by Gasteiger charge is -2.27. The third-order valence-electron chi connectivity index (χ3n) is 4.89. The lowest BCUT2D eigenvalue weighted by Crippen LogP contribution is -2.24. The molecule has 2 aromatic heterocycles. The van der Waals surface area contributed by atoms with Gasteiger partial charge in [-0.15, -0.1) is 17.9 Å². The predicted octanol–water partition coefficient (Wildman–Crippen LogP) is 5.26. The van der Waals surface area contributed by atoms with E-state index in [4.69, 9.17) is 10.00 Å². The van der Waals surface area contributed by atoms with Crippen molar-refractivity contribution in [2.75, 3.05) is 20.4 Å². The summed E-state index contributed by atoms with van der Waals surface area (Å²) in [6.07, 6.45) is 6.24. The summed E-state index contributed by atoms with van der Waals surface area (Å²) in [6, 6.07) is 4.04. The molecule has 0 bridgehead atoms. The molecule has 0 spiro atoms. The third-order valence-corrected chi connectivity index (χ3v) is 6.25. The van der Waals surface area contributed by atoms with E-state index in [1.54, 1.807) is 17.5 Å². The van der Waals surface area contributed by atoms with Crippen LogP contribution in [0.1, 0.15) is 36.3 Å². The molecule has 0 unspecified atom stereocenters. The Morgan fingerprint density at radius 3 is 2.85 bits per heavy atom. The van der Waals surface area contributed by atoms with E-state index in [0.717, 1.165) is 23.2 Å². The number of thiophene rings is 1. The molecule has 1 atom stereocenters. The molecule has 0 N–H and O–H groups in total. The Labute approximate surface area is 166 Å². The number of ether oxygens (including phenoxy) is 1. The van der Waals surface area contributed by atoms with Gasteiger partial charge in [-0.25, -0.2) is 0 Å². The van der Waals surface area contributed by atoms with E-state index in [0.29, 0.717) is 18.9 Å². The van der Waals surface area contributed by atoms with E-state index in [1.165, 1.54) is 10.4 Å². The highest BCUT2D eigenvalue weighted by atomic mass is 32.1. The van der Waals surface area contributed by atoms with Gasteiger partial charge in [-0.1, -0.05) is 19.6 Å². The first kappa shape index (κ1) is 20.9. The minimum absolute atomic E-state index is 0.172. The van der Waals surface area contributed by atoms with Crippen LogP contribution in [0.3, 0.4) is 0 Å². The fourth-order valence-corrected chi connectivity index (χ4v) is 4.11. The second kappa shape index (κ2) is 8.98. The Hall–Kier alpha value is -2.42. The van der Waals surface area contributed by atoms with Gasteiger partial charge in [-0.3, -0.25) is 4.98 Å². The third kappa shape index (κ3) is 4.85. The van der Waals surface area contributed by atoms with Gasteiger partial charge in [0.15, 0.2) is 0 Å². The van der Waals surface area contributed by atoms with E-state index < -0.39 is 0 Å². The Balaban J connectivity index is 2.17. The van der Waals surface area contributed by atoms with Crippen molar-refractivity contribution in [3.8, 4) is 17.2 Å². The van der Waals surface area contributed by atoms with Crippen LogP contribution in [0.2, 0.25) is 0 Å². The maximum atomic E-state index is 9.12. The fraction of sp³-hybridized carbons (Fsp3) is 0.364. The van der Waals surface area contributed by atoms with E-state index in [1.807, 2.05) is 37.2 Å². The van der Waals surface area contributed by atoms with Crippen LogP contribution < -0.4 is 0 Å². The van der Waals surface area contributed by atoms with E-state index in [-0.39, 0.29) is 5.41 Å². The largest absolute Gasteiger partial charge is 0.361 e. The summed E-state index contributed by atoms with van der Waals surface area (Å²) < 4.78 is 5.81. The van der Waals surface area contributed by atoms with Crippen molar-refractivity contribution in [3.63, 3.8) is 0 Å². The molecule has 27 heavy (non-hydrogen) atoms. The van der Waals surface area contributed by atoms with Crippen molar-refractivity contribution >= 4 is 11.3 Å². The maximum Gasteiger partial charge on any atom is 0.118 e. The first-order chi connectivity index (χ1) is 12.8. The second-order valence-corrected chi connectivity index (χ2v) is 7.90. The van der Waals surface area contributed by atoms with E-state index in [2.05, 4.69) is 43.4 Å². The lowest BCUT2D eigenvalue weighted by atomic mass is 9.83. The number of pyridine rings is 1. The summed E-state index contributed by atoms with van der Waals surface area (Å²) >= 11 is 1.72. The molecule has 0 aliphatic carbocycles. The van der Waals surface area contributed by atoms with Crippen LogP contribution in [0.4, 0.5) is 0 Å². The highest BCUT2D eigenvalue weighted by Gasteiger charge is 2.28. The van der Waals surface area contributed by atoms with Crippen molar-refractivity contribution in [1.82, 2.24) is 9.88 Å². The van der Waals surface area contributed by atoms with Gasteiger partial charge in [0.25, 0.3) is 0 Å². The van der Waals surface area contributed by atoms with Crippen LogP contribution in [-0.4, -0.2) is 30.3 Å². The average molecular weight is 382 g/mol. The smallest absolute Gasteiger partial charge is 0.118 e. The Bertz CT molecular complexity index is 865. The first-order valence-electron chi connectivity index (χ1n) is 8.84. The molecular weight excluding hydrogens is 354 g/mol. The SMILES string of the molecule is C=C[C@@](C)(CCOCN(C)C(=C)C)c1scc(-c2cncc(C#N)c2)c1C. The number of hydrogen-bond acceptors (Lipinski definition) is 5. The number of allylic oxidation sites excluding steroid dienone is 2. The maximum absolute atomic E-state index is 9.12. The minimum atomic E-state index is -0.172. The van der Waals surface area contributed by atoms with Crippen molar-refractivity contribution in [2.45, 2.75) is 32.6 Å². The summed E-state index contributed by atoms with van der Waals surface area (Å²) in [7, 11) is 1.97. The molecule has 0 aromatic carbocycles. The van der Waals surface area contributed by atoms with Crippen molar-refractivity contribution in [1.29, 1.82) is 5.26 Å². The van der Waals surface area contributed by atoms with E-state index in [9.17, 15) is 0 Å². The quantitative estimate of drug-likeness (QED) is 0.337. The summed E-state index contributed by atoms with van der Waals surface area (Å²) in [5.41, 5.74) is 4.68. The van der Waals surface area contributed by atoms with Gasteiger partial charge in [0, 0.05) is 41.0 Å². The van der Waals surface area contributed by atoms with Gasteiger partial charge >= 0.3 is 0 Å². The van der Waals surface area contributed by atoms with Crippen molar-refractivity contribution in [2.24, 2.45) is 0 Å². The molecule has 2 aromatic rings. The molecular formula is C22H27N3OS. The van der Waals surface area contributed by atoms with Crippen LogP contribution >= 0.6 is 11.3 Å². The van der Waals surface area contributed by atoms with Gasteiger partial charge in [-0.05, 0) is 42.8 Å². The summed E-state index contributed by atoms with van der Waals surface area (Å²) in [5, 5.41) is 11.3. The monoisotopic (exact) mass is 381 g/mol. The highest BCUT2D eigenvalue weighted by molar-refractivity contribution is 7.10. The number of aromatic nitrogens is 1. The lowest BCUT2D eigenvalue weighted by molar-refractivity contribution is 0.0530. The van der Waals surface area contributed by atoms with Gasteiger partial charge in [0.2, 0.25) is 0 Å².